The predicted molar refractivity (Wildman–Crippen MR) is 162 cm³/mol. The van der Waals surface area contributed by atoms with Gasteiger partial charge in [0.2, 0.25) is 0 Å². The van der Waals surface area contributed by atoms with Gasteiger partial charge in [0.1, 0.15) is 28.5 Å². The minimum atomic E-state index is -6.09. The van der Waals surface area contributed by atoms with Crippen molar-refractivity contribution in [2.24, 2.45) is 0 Å². The fourth-order valence-corrected chi connectivity index (χ4v) is 8.78. The van der Waals surface area contributed by atoms with E-state index in [0.717, 1.165) is 11.3 Å². The van der Waals surface area contributed by atoms with Gasteiger partial charge in [-0.2, -0.15) is 13.2 Å². The van der Waals surface area contributed by atoms with Crippen LogP contribution < -0.4 is 21.2 Å². The molecule has 5 rings (SSSR count). The van der Waals surface area contributed by atoms with Crippen molar-refractivity contribution in [1.82, 2.24) is 4.98 Å². The van der Waals surface area contributed by atoms with Crippen molar-refractivity contribution in [3.05, 3.63) is 139 Å². The zero-order chi connectivity index (χ0) is 31.1. The van der Waals surface area contributed by atoms with E-state index in [1.807, 2.05) is 18.3 Å². The molecule has 1 aromatic heterocycles. The van der Waals surface area contributed by atoms with Gasteiger partial charge in [-0.1, -0.05) is 66.7 Å². The maximum atomic E-state index is 11.9. The van der Waals surface area contributed by atoms with Crippen LogP contribution in [0.25, 0.3) is 11.3 Å². The van der Waals surface area contributed by atoms with Crippen LogP contribution in [0.15, 0.2) is 134 Å². The first kappa shape index (κ1) is 31.6. The molecule has 0 bridgehead atoms. The van der Waals surface area contributed by atoms with Gasteiger partial charge in [-0.15, -0.1) is 0 Å². The number of nitrogens with zero attached hydrogens (tertiary/aromatic N) is 1. The van der Waals surface area contributed by atoms with Gasteiger partial charge in [0.05, 0.1) is 18.4 Å². The molecule has 0 unspecified atom stereocenters. The number of methoxy groups -OCH3 is 1. The molecular formula is C32H25F3NO5PS. The van der Waals surface area contributed by atoms with Crippen LogP contribution in [-0.2, 0) is 14.9 Å². The molecule has 5 aromatic rings. The lowest BCUT2D eigenvalue weighted by atomic mass is 10.1. The van der Waals surface area contributed by atoms with E-state index in [0.29, 0.717) is 5.56 Å². The van der Waals surface area contributed by atoms with E-state index in [1.165, 1.54) is 28.3 Å². The van der Waals surface area contributed by atoms with Gasteiger partial charge >= 0.3 is 11.5 Å². The average molecular weight is 624 g/mol. The molecule has 11 heteroatoms. The second-order valence-corrected chi connectivity index (χ2v) is 13.8. The summed E-state index contributed by atoms with van der Waals surface area (Å²) >= 11 is 0. The summed E-state index contributed by atoms with van der Waals surface area (Å²) in [6.45, 7) is 0. The first-order chi connectivity index (χ1) is 20.5. The van der Waals surface area contributed by atoms with E-state index in [2.05, 4.69) is 103 Å². The Kier molecular flexibility index (Phi) is 9.76. The normalized spacial score (nSPS) is 11.7. The summed E-state index contributed by atoms with van der Waals surface area (Å²) in [5.74, 6) is -0.347. The number of halogens is 3. The summed E-state index contributed by atoms with van der Waals surface area (Å²) in [5.41, 5.74) is -3.31. The first-order valence-electron chi connectivity index (χ1n) is 12.7. The Hall–Kier alpha value is -4.37. The highest BCUT2D eigenvalue weighted by molar-refractivity contribution is 8.01. The van der Waals surface area contributed by atoms with Crippen molar-refractivity contribution in [2.75, 3.05) is 7.11 Å². The fraction of sp³-hybridized carbons (Fsp3) is 0.0625. The third kappa shape index (κ3) is 7.00. The number of carbonyl (C=O) groups is 1. The standard InChI is InChI=1S/C31H25NO2P.CHF3O3S/c1-34-31(33)25-19-17-24(18-20-25)30-23-29(21-22-32-30)35(26-11-5-2-6-12-26,27-13-7-3-8-14-27)28-15-9-4-10-16-28;2-1(3,4)8(5,6)7/h2-23H,1H3;(H,5,6,7)/q+1;/p-1. The second kappa shape index (κ2) is 13.3. The van der Waals surface area contributed by atoms with Crippen LogP contribution in [0.4, 0.5) is 13.2 Å². The first-order valence-corrected chi connectivity index (χ1v) is 15.9. The number of carbonyl (C=O) groups excluding carboxylic acids is 1. The maximum absolute atomic E-state index is 11.9. The minimum absolute atomic E-state index is 0.347. The summed E-state index contributed by atoms with van der Waals surface area (Å²) in [4.78, 5) is 16.6. The number of esters is 1. The van der Waals surface area contributed by atoms with Gasteiger partial charge in [0, 0.05) is 17.8 Å². The number of benzene rings is 4. The molecule has 0 amide bonds. The Morgan fingerprint density at radius 2 is 1.14 bits per heavy atom. The molecule has 1 heterocycles. The lowest BCUT2D eigenvalue weighted by Gasteiger charge is -2.27. The van der Waals surface area contributed by atoms with Crippen molar-refractivity contribution in [1.29, 1.82) is 0 Å². The lowest BCUT2D eigenvalue weighted by molar-refractivity contribution is -0.0517. The summed E-state index contributed by atoms with van der Waals surface area (Å²) < 4.78 is 63.7. The second-order valence-electron chi connectivity index (χ2n) is 9.05. The quantitative estimate of drug-likeness (QED) is 0.112. The molecule has 6 nitrogen and oxygen atoms in total. The summed E-state index contributed by atoms with van der Waals surface area (Å²) in [7, 11) is -6.90. The molecule has 220 valence electrons. The van der Waals surface area contributed by atoms with E-state index in [4.69, 9.17) is 22.7 Å². The third-order valence-electron chi connectivity index (χ3n) is 6.45. The number of pyridine rings is 1. The average Bonchev–Trinajstić information content (AvgIpc) is 3.02. The largest absolute Gasteiger partial charge is 0.741 e. The SMILES string of the molecule is COC(=O)c1ccc(-c2cc([P+](c3ccccc3)(c3ccccc3)c3ccccc3)ccn2)cc1.O=S(=O)([O-])C(F)(F)F. The molecule has 0 aliphatic rings. The summed E-state index contributed by atoms with van der Waals surface area (Å²) in [6, 6.07) is 44.0. The van der Waals surface area contributed by atoms with E-state index in [9.17, 15) is 18.0 Å². The Balaban J connectivity index is 0.000000467. The molecule has 0 radical (unpaired) electrons. The van der Waals surface area contributed by atoms with Crippen molar-refractivity contribution in [3.63, 3.8) is 0 Å². The molecule has 4 aromatic carbocycles. The Labute approximate surface area is 247 Å². The van der Waals surface area contributed by atoms with Gasteiger partial charge in [-0.05, 0) is 54.6 Å². The zero-order valence-corrected chi connectivity index (χ0v) is 24.4. The predicted octanol–water partition coefficient (Wildman–Crippen LogP) is 5.21. The molecule has 0 aliphatic carbocycles. The molecule has 0 spiro atoms. The fourth-order valence-electron chi connectivity index (χ4n) is 4.53. The molecule has 43 heavy (non-hydrogen) atoms. The van der Waals surface area contributed by atoms with Gasteiger partial charge in [-0.25, -0.2) is 13.2 Å². The van der Waals surface area contributed by atoms with Crippen LogP contribution >= 0.6 is 7.26 Å². The number of hydrogen-bond acceptors (Lipinski definition) is 6. The molecule has 0 fully saturated rings. The Morgan fingerprint density at radius 1 is 0.721 bits per heavy atom. The van der Waals surface area contributed by atoms with Crippen molar-refractivity contribution in [2.45, 2.75) is 5.51 Å². The molecular weight excluding hydrogens is 598 g/mol. The van der Waals surface area contributed by atoms with Gasteiger partial charge < -0.3 is 9.29 Å². The van der Waals surface area contributed by atoms with Gasteiger partial charge in [0.15, 0.2) is 10.1 Å². The van der Waals surface area contributed by atoms with E-state index in [-0.39, 0.29) is 5.97 Å². The van der Waals surface area contributed by atoms with Crippen LogP contribution in [0.1, 0.15) is 10.4 Å². The van der Waals surface area contributed by atoms with E-state index < -0.39 is 22.9 Å². The molecule has 0 atom stereocenters. The third-order valence-corrected chi connectivity index (χ3v) is 11.3. The minimum Gasteiger partial charge on any atom is -0.741 e. The van der Waals surface area contributed by atoms with Crippen LogP contribution in [0.2, 0.25) is 0 Å². The molecule has 0 saturated carbocycles. The number of aromatic nitrogens is 1. The number of alkyl halides is 3. The Bertz CT molecular complexity index is 1670. The summed E-state index contributed by atoms with van der Waals surface area (Å²) in [5, 5.41) is 5.09. The lowest BCUT2D eigenvalue weighted by Crippen LogP contribution is -2.38. The van der Waals surface area contributed by atoms with Crippen LogP contribution in [0.3, 0.4) is 0 Å². The van der Waals surface area contributed by atoms with E-state index >= 15 is 0 Å². The monoisotopic (exact) mass is 623 g/mol. The number of ether oxygens (including phenoxy) is 1. The van der Waals surface area contributed by atoms with Crippen molar-refractivity contribution in [3.8, 4) is 11.3 Å². The number of hydrogen-bond donors (Lipinski definition) is 0. The van der Waals surface area contributed by atoms with Crippen LogP contribution in [0, 0.1) is 0 Å². The molecule has 0 N–H and O–H groups in total. The summed E-state index contributed by atoms with van der Waals surface area (Å²) in [6.07, 6.45) is 1.89. The van der Waals surface area contributed by atoms with Gasteiger partial charge in [0.25, 0.3) is 0 Å². The van der Waals surface area contributed by atoms with E-state index in [1.54, 1.807) is 12.1 Å². The molecule has 0 saturated heterocycles. The Morgan fingerprint density at radius 3 is 1.51 bits per heavy atom. The number of rotatable bonds is 6. The highest BCUT2D eigenvalue weighted by atomic mass is 32.2. The molecule has 0 aliphatic heterocycles. The van der Waals surface area contributed by atoms with Crippen molar-refractivity contribution >= 4 is 44.6 Å². The van der Waals surface area contributed by atoms with Crippen molar-refractivity contribution < 1.29 is 35.7 Å². The van der Waals surface area contributed by atoms with Gasteiger partial charge in [-0.3, -0.25) is 4.98 Å². The highest BCUT2D eigenvalue weighted by Crippen LogP contribution is 2.54. The maximum Gasteiger partial charge on any atom is 0.485 e. The van der Waals surface area contributed by atoms with Crippen LogP contribution in [-0.4, -0.2) is 36.5 Å². The smallest absolute Gasteiger partial charge is 0.485 e. The van der Waals surface area contributed by atoms with Crippen LogP contribution in [0.5, 0.6) is 0 Å². The zero-order valence-electron chi connectivity index (χ0n) is 22.7. The topological polar surface area (TPSA) is 96.4 Å². The highest BCUT2D eigenvalue weighted by Gasteiger charge is 2.48.